The van der Waals surface area contributed by atoms with Gasteiger partial charge >= 0.3 is 0 Å². The Hall–Kier alpha value is -1.66. The number of benzene rings is 1. The number of nitrogens with zero attached hydrogens (tertiary/aromatic N) is 2. The lowest BCUT2D eigenvalue weighted by Crippen LogP contribution is -2.41. The highest BCUT2D eigenvalue weighted by atomic mass is 19.1. The topological polar surface area (TPSA) is 53.0 Å². The first kappa shape index (κ1) is 17.2. The van der Waals surface area contributed by atoms with Gasteiger partial charge in [0.05, 0.1) is 25.0 Å². The monoisotopic (exact) mass is 336 g/mol. The van der Waals surface area contributed by atoms with E-state index in [0.717, 1.165) is 12.8 Å². The SMILES string of the molecule is CC(O)C1CCN(C(=O)c2ccc(N3CCOCC3)c(F)c2)CC1. The van der Waals surface area contributed by atoms with E-state index in [4.69, 9.17) is 4.74 Å². The van der Waals surface area contributed by atoms with Crippen molar-refractivity contribution < 1.29 is 19.0 Å². The molecule has 0 saturated carbocycles. The van der Waals surface area contributed by atoms with Crippen molar-refractivity contribution in [1.82, 2.24) is 4.90 Å². The molecule has 1 amide bonds. The Morgan fingerprint density at radius 3 is 2.50 bits per heavy atom. The molecule has 2 fully saturated rings. The van der Waals surface area contributed by atoms with Crippen LogP contribution in [0.3, 0.4) is 0 Å². The number of ether oxygens (including phenoxy) is 1. The first-order valence-electron chi connectivity index (χ1n) is 8.66. The Bertz CT molecular complexity index is 580. The lowest BCUT2D eigenvalue weighted by atomic mass is 9.92. The molecule has 0 aliphatic carbocycles. The van der Waals surface area contributed by atoms with Crippen molar-refractivity contribution in [2.75, 3.05) is 44.3 Å². The summed E-state index contributed by atoms with van der Waals surface area (Å²) >= 11 is 0. The van der Waals surface area contributed by atoms with E-state index in [0.29, 0.717) is 50.6 Å². The minimum absolute atomic E-state index is 0.133. The molecule has 2 heterocycles. The van der Waals surface area contributed by atoms with Crippen LogP contribution in [0, 0.1) is 11.7 Å². The van der Waals surface area contributed by atoms with E-state index in [1.165, 1.54) is 6.07 Å². The van der Waals surface area contributed by atoms with Crippen molar-refractivity contribution in [3.63, 3.8) is 0 Å². The molecular weight excluding hydrogens is 311 g/mol. The minimum Gasteiger partial charge on any atom is -0.393 e. The molecule has 0 spiro atoms. The fourth-order valence-corrected chi connectivity index (χ4v) is 3.47. The van der Waals surface area contributed by atoms with Crippen molar-refractivity contribution in [1.29, 1.82) is 0 Å². The Kier molecular flexibility index (Phi) is 5.36. The van der Waals surface area contributed by atoms with Gasteiger partial charge in [-0.25, -0.2) is 4.39 Å². The molecule has 2 aliphatic rings. The summed E-state index contributed by atoms with van der Waals surface area (Å²) in [7, 11) is 0. The molecule has 5 nitrogen and oxygen atoms in total. The van der Waals surface area contributed by atoms with Gasteiger partial charge in [0.1, 0.15) is 5.82 Å². The van der Waals surface area contributed by atoms with Crippen LogP contribution in [-0.4, -0.2) is 61.4 Å². The molecule has 1 atom stereocenters. The highest BCUT2D eigenvalue weighted by Gasteiger charge is 2.26. The van der Waals surface area contributed by atoms with E-state index in [2.05, 4.69) is 0 Å². The Morgan fingerprint density at radius 1 is 1.25 bits per heavy atom. The van der Waals surface area contributed by atoms with Gasteiger partial charge in [0.25, 0.3) is 5.91 Å². The molecule has 0 radical (unpaired) electrons. The number of carbonyl (C=O) groups is 1. The van der Waals surface area contributed by atoms with Gasteiger partial charge in [-0.3, -0.25) is 4.79 Å². The second kappa shape index (κ2) is 7.49. The van der Waals surface area contributed by atoms with E-state index < -0.39 is 0 Å². The predicted molar refractivity (Wildman–Crippen MR) is 89.7 cm³/mol. The van der Waals surface area contributed by atoms with Crippen LogP contribution in [0.5, 0.6) is 0 Å². The molecule has 6 heteroatoms. The fraction of sp³-hybridized carbons (Fsp3) is 0.611. The van der Waals surface area contributed by atoms with Crippen LogP contribution in [0.15, 0.2) is 18.2 Å². The predicted octanol–water partition coefficient (Wildman–Crippen LogP) is 1.90. The molecule has 3 rings (SSSR count). The van der Waals surface area contributed by atoms with E-state index in [9.17, 15) is 14.3 Å². The number of piperidine rings is 1. The molecule has 0 aromatic heterocycles. The molecule has 1 aromatic rings. The van der Waals surface area contributed by atoms with Gasteiger partial charge in [0, 0.05) is 31.7 Å². The second-order valence-electron chi connectivity index (χ2n) is 6.64. The summed E-state index contributed by atoms with van der Waals surface area (Å²) in [5.74, 6) is -0.248. The third-order valence-corrected chi connectivity index (χ3v) is 5.06. The normalized spacial score (nSPS) is 21.0. The number of halogens is 1. The second-order valence-corrected chi connectivity index (χ2v) is 6.64. The smallest absolute Gasteiger partial charge is 0.253 e. The van der Waals surface area contributed by atoms with Crippen molar-refractivity contribution in [3.05, 3.63) is 29.6 Å². The summed E-state index contributed by atoms with van der Waals surface area (Å²) in [6, 6.07) is 4.74. The van der Waals surface area contributed by atoms with E-state index in [1.807, 2.05) is 4.90 Å². The van der Waals surface area contributed by atoms with Gasteiger partial charge in [0.15, 0.2) is 0 Å². The number of hydrogen-bond donors (Lipinski definition) is 1. The third-order valence-electron chi connectivity index (χ3n) is 5.06. The summed E-state index contributed by atoms with van der Waals surface area (Å²) in [4.78, 5) is 16.3. The van der Waals surface area contributed by atoms with Crippen LogP contribution in [0.4, 0.5) is 10.1 Å². The Morgan fingerprint density at radius 2 is 1.92 bits per heavy atom. The first-order valence-corrected chi connectivity index (χ1v) is 8.66. The van der Waals surface area contributed by atoms with Crippen LogP contribution >= 0.6 is 0 Å². The Labute approximate surface area is 142 Å². The standard InChI is InChI=1S/C18H25FN2O3/c1-13(22)14-4-6-21(7-5-14)18(23)15-2-3-17(16(19)12-15)20-8-10-24-11-9-20/h2-3,12-14,22H,4-11H2,1H3. The maximum absolute atomic E-state index is 14.4. The summed E-state index contributed by atoms with van der Waals surface area (Å²) in [5, 5.41) is 9.64. The number of hydrogen-bond acceptors (Lipinski definition) is 4. The molecule has 1 aromatic carbocycles. The highest BCUT2D eigenvalue weighted by Crippen LogP contribution is 2.25. The van der Waals surface area contributed by atoms with Crippen molar-refractivity contribution in [3.8, 4) is 0 Å². The maximum atomic E-state index is 14.4. The summed E-state index contributed by atoms with van der Waals surface area (Å²) in [5.41, 5.74) is 0.919. The number of amides is 1. The van der Waals surface area contributed by atoms with Crippen molar-refractivity contribution >= 4 is 11.6 Å². The first-order chi connectivity index (χ1) is 11.6. The molecule has 2 saturated heterocycles. The van der Waals surface area contributed by atoms with E-state index in [-0.39, 0.29) is 23.7 Å². The third kappa shape index (κ3) is 3.70. The zero-order chi connectivity index (χ0) is 17.1. The number of aliphatic hydroxyl groups is 1. The number of anilines is 1. The van der Waals surface area contributed by atoms with Crippen LogP contribution < -0.4 is 4.90 Å². The van der Waals surface area contributed by atoms with Gasteiger partial charge in [-0.1, -0.05) is 0 Å². The van der Waals surface area contributed by atoms with E-state index >= 15 is 0 Å². The van der Waals surface area contributed by atoms with E-state index in [1.54, 1.807) is 24.0 Å². The summed E-state index contributed by atoms with van der Waals surface area (Å²) < 4.78 is 19.7. The quantitative estimate of drug-likeness (QED) is 0.916. The zero-order valence-corrected chi connectivity index (χ0v) is 14.1. The highest BCUT2D eigenvalue weighted by molar-refractivity contribution is 5.94. The average Bonchev–Trinajstić information content (AvgIpc) is 2.62. The average molecular weight is 336 g/mol. The van der Waals surface area contributed by atoms with Gasteiger partial charge in [0.2, 0.25) is 0 Å². The molecule has 132 valence electrons. The summed E-state index contributed by atoms with van der Waals surface area (Å²) in [6.45, 7) is 5.54. The lowest BCUT2D eigenvalue weighted by Gasteiger charge is -2.33. The number of likely N-dealkylation sites (tertiary alicyclic amines) is 1. The van der Waals surface area contributed by atoms with Crippen LogP contribution in [0.2, 0.25) is 0 Å². The fourth-order valence-electron chi connectivity index (χ4n) is 3.47. The van der Waals surface area contributed by atoms with Crippen LogP contribution in [0.25, 0.3) is 0 Å². The zero-order valence-electron chi connectivity index (χ0n) is 14.1. The lowest BCUT2D eigenvalue weighted by molar-refractivity contribution is 0.0521. The Balaban J connectivity index is 1.66. The van der Waals surface area contributed by atoms with Gasteiger partial charge in [-0.15, -0.1) is 0 Å². The van der Waals surface area contributed by atoms with Gasteiger partial charge in [-0.2, -0.15) is 0 Å². The molecule has 1 unspecified atom stereocenters. The number of rotatable bonds is 3. The molecule has 24 heavy (non-hydrogen) atoms. The van der Waals surface area contributed by atoms with Crippen LogP contribution in [-0.2, 0) is 4.74 Å². The van der Waals surface area contributed by atoms with Gasteiger partial charge < -0.3 is 19.6 Å². The number of carbonyl (C=O) groups excluding carboxylic acids is 1. The van der Waals surface area contributed by atoms with Crippen molar-refractivity contribution in [2.45, 2.75) is 25.9 Å². The molecule has 0 bridgehead atoms. The molecule has 1 N–H and O–H groups in total. The molecule has 2 aliphatic heterocycles. The minimum atomic E-state index is -0.360. The van der Waals surface area contributed by atoms with Gasteiger partial charge in [-0.05, 0) is 43.9 Å². The number of aliphatic hydroxyl groups excluding tert-OH is 1. The largest absolute Gasteiger partial charge is 0.393 e. The van der Waals surface area contributed by atoms with Crippen molar-refractivity contribution in [2.24, 2.45) is 5.92 Å². The molecular formula is C18H25FN2O3. The number of morpholine rings is 1. The van der Waals surface area contributed by atoms with Crippen LogP contribution in [0.1, 0.15) is 30.1 Å². The maximum Gasteiger partial charge on any atom is 0.253 e. The summed E-state index contributed by atoms with van der Waals surface area (Å²) in [6.07, 6.45) is 1.24.